The van der Waals surface area contributed by atoms with Gasteiger partial charge in [0, 0.05) is 37.3 Å². The van der Waals surface area contributed by atoms with E-state index in [-0.39, 0.29) is 17.5 Å². The molecule has 1 amide bonds. The summed E-state index contributed by atoms with van der Waals surface area (Å²) in [5.74, 6) is -0.353. The fraction of sp³-hybridized carbons (Fsp3) is 0.263. The van der Waals surface area contributed by atoms with Gasteiger partial charge in [-0.25, -0.2) is 4.39 Å². The summed E-state index contributed by atoms with van der Waals surface area (Å²) in [7, 11) is 0. The Morgan fingerprint density at radius 1 is 0.833 bits per heavy atom. The highest BCUT2D eigenvalue weighted by atomic mass is 19.1. The average Bonchev–Trinajstić information content (AvgIpc) is 2.63. The van der Waals surface area contributed by atoms with Gasteiger partial charge in [-0.3, -0.25) is 14.5 Å². The van der Waals surface area contributed by atoms with E-state index < -0.39 is 0 Å². The first-order valence-electron chi connectivity index (χ1n) is 7.99. The third kappa shape index (κ3) is 3.86. The number of carbonyl (C=O) groups excluding carboxylic acids is 2. The zero-order valence-electron chi connectivity index (χ0n) is 13.3. The molecule has 1 aliphatic heterocycles. The Kier molecular flexibility index (Phi) is 5.01. The molecule has 0 spiro atoms. The van der Waals surface area contributed by atoms with Crippen LogP contribution in [0.3, 0.4) is 0 Å². The van der Waals surface area contributed by atoms with Crippen molar-refractivity contribution in [3.05, 3.63) is 71.5 Å². The molecule has 1 saturated heterocycles. The third-order valence-corrected chi connectivity index (χ3v) is 4.21. The molecule has 0 saturated carbocycles. The number of nitrogens with zero attached hydrogens (tertiary/aromatic N) is 2. The number of amides is 1. The van der Waals surface area contributed by atoms with Crippen molar-refractivity contribution in [3.8, 4) is 0 Å². The van der Waals surface area contributed by atoms with Crippen LogP contribution in [0.2, 0.25) is 0 Å². The monoisotopic (exact) mass is 326 g/mol. The van der Waals surface area contributed by atoms with E-state index >= 15 is 0 Å². The lowest BCUT2D eigenvalue weighted by atomic mass is 10.1. The predicted molar refractivity (Wildman–Crippen MR) is 89.5 cm³/mol. The van der Waals surface area contributed by atoms with E-state index in [2.05, 4.69) is 4.90 Å². The minimum absolute atomic E-state index is 0.0916. The number of rotatable bonds is 4. The van der Waals surface area contributed by atoms with Gasteiger partial charge in [-0.1, -0.05) is 30.3 Å². The van der Waals surface area contributed by atoms with Crippen LogP contribution in [0.4, 0.5) is 4.39 Å². The maximum absolute atomic E-state index is 12.9. The van der Waals surface area contributed by atoms with Gasteiger partial charge < -0.3 is 4.90 Å². The third-order valence-electron chi connectivity index (χ3n) is 4.21. The van der Waals surface area contributed by atoms with Crippen LogP contribution in [0.15, 0.2) is 54.6 Å². The van der Waals surface area contributed by atoms with Crippen molar-refractivity contribution in [3.63, 3.8) is 0 Å². The molecule has 5 heteroatoms. The Labute approximate surface area is 140 Å². The van der Waals surface area contributed by atoms with E-state index in [1.807, 2.05) is 30.3 Å². The Hall–Kier alpha value is -2.53. The molecule has 124 valence electrons. The highest BCUT2D eigenvalue weighted by Gasteiger charge is 2.23. The molecular formula is C19H19FN2O2. The van der Waals surface area contributed by atoms with Crippen LogP contribution < -0.4 is 0 Å². The highest BCUT2D eigenvalue weighted by Crippen LogP contribution is 2.11. The number of halogens is 1. The standard InChI is InChI=1S/C19H19FN2O2/c20-17-8-6-16(7-9-17)19(24)22-12-10-21(11-13-22)14-18(23)15-4-2-1-3-5-15/h1-9H,10-14H2. The SMILES string of the molecule is O=C(CN1CCN(C(=O)c2ccc(F)cc2)CC1)c1ccccc1. The van der Waals surface area contributed by atoms with Gasteiger partial charge in [0.2, 0.25) is 0 Å². The van der Waals surface area contributed by atoms with Gasteiger partial charge in [-0.15, -0.1) is 0 Å². The summed E-state index contributed by atoms with van der Waals surface area (Å²) in [6.07, 6.45) is 0. The molecule has 0 bridgehead atoms. The van der Waals surface area contributed by atoms with Crippen LogP contribution >= 0.6 is 0 Å². The van der Waals surface area contributed by atoms with Gasteiger partial charge in [-0.05, 0) is 24.3 Å². The number of benzene rings is 2. The molecule has 4 nitrogen and oxygen atoms in total. The van der Waals surface area contributed by atoms with Gasteiger partial charge >= 0.3 is 0 Å². The normalized spacial score (nSPS) is 15.3. The van der Waals surface area contributed by atoms with Crippen LogP contribution in [0, 0.1) is 5.82 Å². The number of ketones is 1. The van der Waals surface area contributed by atoms with E-state index in [1.165, 1.54) is 24.3 Å². The smallest absolute Gasteiger partial charge is 0.253 e. The number of hydrogen-bond acceptors (Lipinski definition) is 3. The zero-order valence-corrected chi connectivity index (χ0v) is 13.3. The summed E-state index contributed by atoms with van der Waals surface area (Å²) in [5, 5.41) is 0. The number of Topliss-reactive ketones (excluding diaryl/α,β-unsaturated/α-hetero) is 1. The van der Waals surface area contributed by atoms with Crippen molar-refractivity contribution in [2.24, 2.45) is 0 Å². The molecule has 0 radical (unpaired) electrons. The fourth-order valence-electron chi connectivity index (χ4n) is 2.80. The van der Waals surface area contributed by atoms with Crippen molar-refractivity contribution < 1.29 is 14.0 Å². The van der Waals surface area contributed by atoms with E-state index in [1.54, 1.807) is 4.90 Å². The average molecular weight is 326 g/mol. The zero-order chi connectivity index (χ0) is 16.9. The Balaban J connectivity index is 1.53. The number of hydrogen-bond donors (Lipinski definition) is 0. The van der Waals surface area contributed by atoms with Crippen molar-refractivity contribution in [2.75, 3.05) is 32.7 Å². The molecule has 0 atom stereocenters. The summed E-state index contributed by atoms with van der Waals surface area (Å²) in [5.41, 5.74) is 1.20. The Morgan fingerprint density at radius 3 is 2.08 bits per heavy atom. The van der Waals surface area contributed by atoms with Crippen molar-refractivity contribution >= 4 is 11.7 Å². The quantitative estimate of drug-likeness (QED) is 0.811. The maximum Gasteiger partial charge on any atom is 0.253 e. The Bertz CT molecular complexity index is 708. The van der Waals surface area contributed by atoms with Crippen LogP contribution in [0.5, 0.6) is 0 Å². The number of piperazine rings is 1. The molecule has 1 heterocycles. The van der Waals surface area contributed by atoms with Gasteiger partial charge in [0.15, 0.2) is 5.78 Å². The minimum Gasteiger partial charge on any atom is -0.336 e. The molecular weight excluding hydrogens is 307 g/mol. The summed E-state index contributed by atoms with van der Waals surface area (Å²) in [6.45, 7) is 2.82. The lowest BCUT2D eigenvalue weighted by Crippen LogP contribution is -2.49. The van der Waals surface area contributed by atoms with E-state index in [9.17, 15) is 14.0 Å². The van der Waals surface area contributed by atoms with Crippen molar-refractivity contribution in [2.45, 2.75) is 0 Å². The second-order valence-electron chi connectivity index (χ2n) is 5.86. The molecule has 0 aliphatic carbocycles. The first-order valence-corrected chi connectivity index (χ1v) is 7.99. The molecule has 24 heavy (non-hydrogen) atoms. The summed E-state index contributed by atoms with van der Waals surface area (Å²) in [4.78, 5) is 28.4. The predicted octanol–water partition coefficient (Wildman–Crippen LogP) is 2.47. The van der Waals surface area contributed by atoms with Gasteiger partial charge in [0.1, 0.15) is 5.82 Å². The van der Waals surface area contributed by atoms with Crippen LogP contribution in [0.1, 0.15) is 20.7 Å². The number of carbonyl (C=O) groups is 2. The molecule has 0 aromatic heterocycles. The van der Waals surface area contributed by atoms with Crippen LogP contribution in [-0.4, -0.2) is 54.2 Å². The lowest BCUT2D eigenvalue weighted by molar-refractivity contribution is 0.0624. The topological polar surface area (TPSA) is 40.6 Å². The van der Waals surface area contributed by atoms with Gasteiger partial charge in [-0.2, -0.15) is 0 Å². The van der Waals surface area contributed by atoms with E-state index in [0.29, 0.717) is 43.9 Å². The molecule has 2 aromatic rings. The molecule has 1 aliphatic rings. The summed E-state index contributed by atoms with van der Waals surface area (Å²) < 4.78 is 12.9. The van der Waals surface area contributed by atoms with E-state index in [0.717, 1.165) is 0 Å². The van der Waals surface area contributed by atoms with Crippen molar-refractivity contribution in [1.82, 2.24) is 9.80 Å². The summed E-state index contributed by atoms with van der Waals surface area (Å²) >= 11 is 0. The van der Waals surface area contributed by atoms with Gasteiger partial charge in [0.05, 0.1) is 6.54 Å². The first-order chi connectivity index (χ1) is 11.6. The minimum atomic E-state index is -0.351. The largest absolute Gasteiger partial charge is 0.336 e. The van der Waals surface area contributed by atoms with Crippen LogP contribution in [-0.2, 0) is 0 Å². The Morgan fingerprint density at radius 2 is 1.46 bits per heavy atom. The van der Waals surface area contributed by atoms with Gasteiger partial charge in [0.25, 0.3) is 5.91 Å². The highest BCUT2D eigenvalue weighted by molar-refractivity contribution is 5.97. The molecule has 0 unspecified atom stereocenters. The van der Waals surface area contributed by atoms with E-state index in [4.69, 9.17) is 0 Å². The molecule has 1 fully saturated rings. The lowest BCUT2D eigenvalue weighted by Gasteiger charge is -2.34. The fourth-order valence-corrected chi connectivity index (χ4v) is 2.80. The molecule has 3 rings (SSSR count). The maximum atomic E-state index is 12.9. The summed E-state index contributed by atoms with van der Waals surface area (Å²) in [6, 6.07) is 14.8. The molecule has 2 aromatic carbocycles. The van der Waals surface area contributed by atoms with Crippen LogP contribution in [0.25, 0.3) is 0 Å². The molecule has 0 N–H and O–H groups in total. The first kappa shape index (κ1) is 16.3. The second-order valence-corrected chi connectivity index (χ2v) is 5.86. The van der Waals surface area contributed by atoms with Crippen molar-refractivity contribution in [1.29, 1.82) is 0 Å². The second kappa shape index (κ2) is 7.36.